The molecule has 3 aromatic carbocycles. The quantitative estimate of drug-likeness (QED) is 0.683. The van der Waals surface area contributed by atoms with Crippen LogP contribution < -0.4 is 10.1 Å². The summed E-state index contributed by atoms with van der Waals surface area (Å²) >= 11 is 0. The first-order valence-corrected chi connectivity index (χ1v) is 9.56. The van der Waals surface area contributed by atoms with Crippen molar-refractivity contribution in [2.24, 2.45) is 0 Å². The molecule has 0 aromatic heterocycles. The van der Waals surface area contributed by atoms with Crippen molar-refractivity contribution in [1.82, 2.24) is 4.90 Å². The number of hydrogen-bond acceptors (Lipinski definition) is 3. The molecule has 1 aliphatic rings. The summed E-state index contributed by atoms with van der Waals surface area (Å²) in [6.07, 6.45) is 0.744. The largest absolute Gasteiger partial charge is 0.489 e. The van der Waals surface area contributed by atoms with Crippen LogP contribution in [0.1, 0.15) is 34.8 Å². The van der Waals surface area contributed by atoms with Gasteiger partial charge >= 0.3 is 0 Å². The molecule has 1 unspecified atom stereocenters. The van der Waals surface area contributed by atoms with Gasteiger partial charge in [0, 0.05) is 12.7 Å². The van der Waals surface area contributed by atoms with Crippen LogP contribution in [-0.4, -0.2) is 17.9 Å². The summed E-state index contributed by atoms with van der Waals surface area (Å²) in [5, 5.41) is 3.60. The lowest BCUT2D eigenvalue weighted by Crippen LogP contribution is -2.55. The summed E-state index contributed by atoms with van der Waals surface area (Å²) in [6, 6.07) is 25.8. The fraction of sp³-hybridized carbons (Fsp3) is 0.208. The molecule has 0 aliphatic carbocycles. The highest BCUT2D eigenvalue weighted by Crippen LogP contribution is 2.39. The van der Waals surface area contributed by atoms with E-state index in [9.17, 15) is 4.79 Å². The summed E-state index contributed by atoms with van der Waals surface area (Å²) in [5.41, 5.74) is 3.16. The van der Waals surface area contributed by atoms with Gasteiger partial charge in [-0.05, 0) is 41.8 Å². The number of rotatable bonds is 5. The lowest BCUT2D eigenvalue weighted by atomic mass is 9.90. The Morgan fingerprint density at radius 2 is 1.61 bits per heavy atom. The number of anilines is 1. The minimum atomic E-state index is -0.580. The van der Waals surface area contributed by atoms with Gasteiger partial charge in [0.1, 0.15) is 18.0 Å². The first-order valence-electron chi connectivity index (χ1n) is 9.56. The maximum atomic E-state index is 13.0. The molecular formula is C24H24N2O2. The van der Waals surface area contributed by atoms with Crippen LogP contribution >= 0.6 is 0 Å². The summed E-state index contributed by atoms with van der Waals surface area (Å²) in [7, 11) is 1.86. The summed E-state index contributed by atoms with van der Waals surface area (Å²) in [4.78, 5) is 14.8. The van der Waals surface area contributed by atoms with Gasteiger partial charge in [0.05, 0.1) is 5.56 Å². The average Bonchev–Trinajstić information content (AvgIpc) is 2.76. The van der Waals surface area contributed by atoms with Crippen LogP contribution in [0.2, 0.25) is 0 Å². The van der Waals surface area contributed by atoms with E-state index in [-0.39, 0.29) is 5.91 Å². The zero-order valence-electron chi connectivity index (χ0n) is 16.2. The first kappa shape index (κ1) is 18.1. The van der Waals surface area contributed by atoms with Crippen molar-refractivity contribution in [3.63, 3.8) is 0 Å². The van der Waals surface area contributed by atoms with Crippen LogP contribution in [0.25, 0.3) is 0 Å². The predicted octanol–water partition coefficient (Wildman–Crippen LogP) is 5.03. The minimum Gasteiger partial charge on any atom is -0.489 e. The molecule has 0 saturated carbocycles. The monoisotopic (exact) mass is 372 g/mol. The van der Waals surface area contributed by atoms with Gasteiger partial charge in [0.25, 0.3) is 5.91 Å². The van der Waals surface area contributed by atoms with Gasteiger partial charge < -0.3 is 15.0 Å². The molecule has 1 N–H and O–H groups in total. The van der Waals surface area contributed by atoms with Crippen LogP contribution in [0.4, 0.5) is 5.69 Å². The Labute approximate surface area is 165 Å². The van der Waals surface area contributed by atoms with Crippen molar-refractivity contribution in [3.8, 4) is 5.75 Å². The Bertz CT molecular complexity index is 969. The molecule has 142 valence electrons. The Hall–Kier alpha value is -3.27. The topological polar surface area (TPSA) is 41.6 Å². The number of fused-ring (bicyclic) bond motifs is 1. The lowest BCUT2D eigenvalue weighted by Gasteiger charge is -2.46. The summed E-state index contributed by atoms with van der Waals surface area (Å²) in [6.45, 7) is 2.62. The molecule has 0 spiro atoms. The predicted molar refractivity (Wildman–Crippen MR) is 111 cm³/mol. The number of para-hydroxylation sites is 1. The van der Waals surface area contributed by atoms with E-state index in [1.165, 1.54) is 0 Å². The highest BCUT2D eigenvalue weighted by atomic mass is 16.5. The van der Waals surface area contributed by atoms with Crippen LogP contribution in [0.15, 0.2) is 78.9 Å². The standard InChI is InChI=1S/C24H24N2O2/c1-3-24(25-22-12-8-7-11-21(22)23(27)26(24)2)19-13-15-20(16-14-19)28-17-18-9-5-4-6-10-18/h4-16,25H,3,17H2,1-2H3. The van der Waals surface area contributed by atoms with Gasteiger partial charge in [-0.3, -0.25) is 4.79 Å². The van der Waals surface area contributed by atoms with Crippen molar-refractivity contribution < 1.29 is 9.53 Å². The van der Waals surface area contributed by atoms with E-state index in [0.29, 0.717) is 12.2 Å². The number of benzene rings is 3. The van der Waals surface area contributed by atoms with E-state index in [1.54, 1.807) is 4.90 Å². The molecule has 4 nitrogen and oxygen atoms in total. The molecule has 4 heteroatoms. The molecule has 28 heavy (non-hydrogen) atoms. The zero-order chi connectivity index (χ0) is 19.6. The molecule has 1 heterocycles. The third-order valence-corrected chi connectivity index (χ3v) is 5.47. The third kappa shape index (κ3) is 3.11. The van der Waals surface area contributed by atoms with Crippen LogP contribution in [0.5, 0.6) is 5.75 Å². The molecule has 4 rings (SSSR count). The maximum Gasteiger partial charge on any atom is 0.257 e. The molecule has 0 fully saturated rings. The van der Waals surface area contributed by atoms with Gasteiger partial charge in [-0.1, -0.05) is 61.5 Å². The van der Waals surface area contributed by atoms with E-state index in [4.69, 9.17) is 4.74 Å². The van der Waals surface area contributed by atoms with Gasteiger partial charge in [0.2, 0.25) is 0 Å². The Balaban J connectivity index is 1.59. The maximum absolute atomic E-state index is 13.0. The van der Waals surface area contributed by atoms with Gasteiger partial charge in [-0.2, -0.15) is 0 Å². The van der Waals surface area contributed by atoms with Crippen molar-refractivity contribution in [1.29, 1.82) is 0 Å². The molecule has 1 amide bonds. The number of hydrogen-bond donors (Lipinski definition) is 1. The zero-order valence-corrected chi connectivity index (χ0v) is 16.2. The van der Waals surface area contributed by atoms with E-state index >= 15 is 0 Å². The second kappa shape index (κ2) is 7.39. The minimum absolute atomic E-state index is 0.0283. The SMILES string of the molecule is CCC1(c2ccc(OCc3ccccc3)cc2)Nc2ccccc2C(=O)N1C. The van der Waals surface area contributed by atoms with Crippen LogP contribution in [-0.2, 0) is 12.3 Å². The molecular weight excluding hydrogens is 348 g/mol. The van der Waals surface area contributed by atoms with E-state index in [1.807, 2.05) is 85.9 Å². The first-order chi connectivity index (χ1) is 13.6. The lowest BCUT2D eigenvalue weighted by molar-refractivity contribution is 0.0572. The Morgan fingerprint density at radius 1 is 0.929 bits per heavy atom. The molecule has 1 aliphatic heterocycles. The van der Waals surface area contributed by atoms with E-state index < -0.39 is 5.66 Å². The molecule has 1 atom stereocenters. The van der Waals surface area contributed by atoms with E-state index in [0.717, 1.165) is 29.0 Å². The number of ether oxygens (including phenoxy) is 1. The van der Waals surface area contributed by atoms with Gasteiger partial charge in [-0.15, -0.1) is 0 Å². The fourth-order valence-electron chi connectivity index (χ4n) is 3.80. The van der Waals surface area contributed by atoms with Crippen molar-refractivity contribution in [2.75, 3.05) is 12.4 Å². The molecule has 3 aromatic rings. The molecule has 0 radical (unpaired) electrons. The second-order valence-electron chi connectivity index (χ2n) is 7.05. The van der Waals surface area contributed by atoms with Gasteiger partial charge in [0.15, 0.2) is 0 Å². The number of carbonyl (C=O) groups excluding carboxylic acids is 1. The number of nitrogens with zero attached hydrogens (tertiary/aromatic N) is 1. The average molecular weight is 372 g/mol. The highest BCUT2D eigenvalue weighted by molar-refractivity contribution is 6.02. The number of carbonyl (C=O) groups is 1. The smallest absolute Gasteiger partial charge is 0.257 e. The van der Waals surface area contributed by atoms with E-state index in [2.05, 4.69) is 12.2 Å². The second-order valence-corrected chi connectivity index (χ2v) is 7.05. The van der Waals surface area contributed by atoms with Gasteiger partial charge in [-0.25, -0.2) is 0 Å². The van der Waals surface area contributed by atoms with Crippen molar-refractivity contribution in [2.45, 2.75) is 25.6 Å². The molecule has 0 saturated heterocycles. The number of amides is 1. The summed E-state index contributed by atoms with van der Waals surface area (Å²) < 4.78 is 5.90. The summed E-state index contributed by atoms with van der Waals surface area (Å²) in [5.74, 6) is 0.838. The Kier molecular flexibility index (Phi) is 4.78. The van der Waals surface area contributed by atoms with Crippen molar-refractivity contribution >= 4 is 11.6 Å². The molecule has 0 bridgehead atoms. The Morgan fingerprint density at radius 3 is 2.32 bits per heavy atom. The van der Waals surface area contributed by atoms with Crippen LogP contribution in [0.3, 0.4) is 0 Å². The fourth-order valence-corrected chi connectivity index (χ4v) is 3.80. The van der Waals surface area contributed by atoms with Crippen LogP contribution in [0, 0.1) is 0 Å². The third-order valence-electron chi connectivity index (χ3n) is 5.47. The normalized spacial score (nSPS) is 18.4. The van der Waals surface area contributed by atoms with Crippen molar-refractivity contribution in [3.05, 3.63) is 95.6 Å². The number of nitrogens with one attached hydrogen (secondary N) is 1. The highest BCUT2D eigenvalue weighted by Gasteiger charge is 2.42.